The van der Waals surface area contributed by atoms with Crippen molar-refractivity contribution in [3.8, 4) is 11.1 Å². The van der Waals surface area contributed by atoms with Crippen molar-refractivity contribution in [1.82, 2.24) is 9.80 Å². The molecule has 0 bridgehead atoms. The van der Waals surface area contributed by atoms with Crippen LogP contribution in [0.4, 0.5) is 0 Å². The summed E-state index contributed by atoms with van der Waals surface area (Å²) in [6.07, 6.45) is 3.09. The average Bonchev–Trinajstić information content (AvgIpc) is 3.04. The minimum absolute atomic E-state index is 0.00647. The first-order valence-corrected chi connectivity index (χ1v) is 11.2. The summed E-state index contributed by atoms with van der Waals surface area (Å²) >= 11 is 0. The Morgan fingerprint density at radius 1 is 1.06 bits per heavy atom. The molecule has 0 aliphatic carbocycles. The lowest BCUT2D eigenvalue weighted by atomic mass is 9.75. The molecule has 0 saturated carbocycles. The van der Waals surface area contributed by atoms with Gasteiger partial charge in [0.25, 0.3) is 0 Å². The number of likely N-dealkylation sites (tertiary alicyclic amines) is 1. The summed E-state index contributed by atoms with van der Waals surface area (Å²) in [6, 6.07) is 17.6. The Hall–Kier alpha value is -2.99. The number of carbonyl (C=O) groups excluding carboxylic acids is 3. The van der Waals surface area contributed by atoms with Gasteiger partial charge in [-0.2, -0.15) is 0 Å². The molecule has 2 unspecified atom stereocenters. The van der Waals surface area contributed by atoms with Crippen LogP contribution in [0.25, 0.3) is 11.1 Å². The molecule has 168 valence electrons. The summed E-state index contributed by atoms with van der Waals surface area (Å²) in [5.74, 6) is -0.721. The first-order chi connectivity index (χ1) is 15.4. The number of amides is 3. The van der Waals surface area contributed by atoms with Crippen molar-refractivity contribution in [3.63, 3.8) is 0 Å². The zero-order valence-electron chi connectivity index (χ0n) is 18.8. The maximum atomic E-state index is 13.3. The molecular formula is C26H30N2O4. The number of nitrogens with zero attached hydrogens (tertiary/aromatic N) is 2. The van der Waals surface area contributed by atoms with E-state index >= 15 is 0 Å². The summed E-state index contributed by atoms with van der Waals surface area (Å²) in [6.45, 7) is 1.22. The van der Waals surface area contributed by atoms with E-state index in [-0.39, 0.29) is 36.7 Å². The van der Waals surface area contributed by atoms with Crippen LogP contribution in [0.2, 0.25) is 0 Å². The van der Waals surface area contributed by atoms with E-state index in [9.17, 15) is 14.4 Å². The molecule has 2 atom stereocenters. The average molecular weight is 435 g/mol. The molecule has 0 aromatic heterocycles. The highest BCUT2D eigenvalue weighted by Gasteiger charge is 2.52. The monoisotopic (exact) mass is 434 g/mol. The molecule has 0 N–H and O–H groups in total. The van der Waals surface area contributed by atoms with Crippen LogP contribution in [0, 0.1) is 0 Å². The fourth-order valence-corrected chi connectivity index (χ4v) is 4.72. The number of hydrogen-bond acceptors (Lipinski definition) is 4. The van der Waals surface area contributed by atoms with Gasteiger partial charge in [-0.3, -0.25) is 19.3 Å². The van der Waals surface area contributed by atoms with Crippen LogP contribution in [-0.2, 0) is 24.5 Å². The van der Waals surface area contributed by atoms with Crippen molar-refractivity contribution < 1.29 is 19.1 Å². The third kappa shape index (κ3) is 4.32. The number of hydrogen-bond donors (Lipinski definition) is 0. The molecule has 2 saturated heterocycles. The van der Waals surface area contributed by atoms with Crippen molar-refractivity contribution in [2.75, 3.05) is 27.2 Å². The van der Waals surface area contributed by atoms with Crippen molar-refractivity contribution in [2.45, 2.75) is 43.6 Å². The van der Waals surface area contributed by atoms with Crippen LogP contribution in [-0.4, -0.2) is 60.9 Å². The zero-order chi connectivity index (χ0) is 22.7. The molecule has 2 heterocycles. The fraction of sp³-hybridized carbons (Fsp3) is 0.423. The van der Waals surface area contributed by atoms with Crippen LogP contribution in [0.1, 0.15) is 37.7 Å². The molecular weight excluding hydrogens is 404 g/mol. The van der Waals surface area contributed by atoms with Gasteiger partial charge in [-0.1, -0.05) is 54.6 Å². The van der Waals surface area contributed by atoms with Crippen molar-refractivity contribution in [3.05, 3.63) is 60.2 Å². The smallest absolute Gasteiger partial charge is 0.240 e. The van der Waals surface area contributed by atoms with Gasteiger partial charge >= 0.3 is 0 Å². The summed E-state index contributed by atoms with van der Waals surface area (Å²) in [5, 5.41) is 0. The lowest BCUT2D eigenvalue weighted by Crippen LogP contribution is -2.44. The first kappa shape index (κ1) is 22.2. The second-order valence-corrected chi connectivity index (χ2v) is 8.90. The van der Waals surface area contributed by atoms with Crippen LogP contribution in [0.3, 0.4) is 0 Å². The topological polar surface area (TPSA) is 66.9 Å². The molecule has 2 aliphatic rings. The molecule has 0 spiro atoms. The highest BCUT2D eigenvalue weighted by atomic mass is 16.5. The fourth-order valence-electron chi connectivity index (χ4n) is 4.72. The highest BCUT2D eigenvalue weighted by Crippen LogP contribution is 2.40. The Morgan fingerprint density at radius 2 is 1.75 bits per heavy atom. The van der Waals surface area contributed by atoms with Gasteiger partial charge < -0.3 is 9.64 Å². The Balaban J connectivity index is 1.58. The lowest BCUT2D eigenvalue weighted by Gasteiger charge is -2.31. The number of carbonyl (C=O) groups is 3. The van der Waals surface area contributed by atoms with Crippen molar-refractivity contribution in [2.24, 2.45) is 0 Å². The third-order valence-corrected chi connectivity index (χ3v) is 6.72. The van der Waals surface area contributed by atoms with E-state index in [0.717, 1.165) is 41.9 Å². The maximum absolute atomic E-state index is 13.3. The summed E-state index contributed by atoms with van der Waals surface area (Å²) in [7, 11) is 3.24. The van der Waals surface area contributed by atoms with E-state index in [1.54, 1.807) is 11.9 Å². The SMILES string of the molecule is CN(CC1CCCCO1)C(=O)CC1(c2ccc(-c3ccccc3)cc2)CC(=O)N(C)C1=O. The predicted molar refractivity (Wildman–Crippen MR) is 122 cm³/mol. The van der Waals surface area contributed by atoms with Gasteiger partial charge in [0.05, 0.1) is 11.5 Å². The lowest BCUT2D eigenvalue weighted by molar-refractivity contribution is -0.141. The molecule has 6 heteroatoms. The molecule has 32 heavy (non-hydrogen) atoms. The molecule has 0 radical (unpaired) electrons. The summed E-state index contributed by atoms with van der Waals surface area (Å²) < 4.78 is 5.77. The number of likely N-dealkylation sites (N-methyl/N-ethyl adjacent to an activating group) is 2. The first-order valence-electron chi connectivity index (χ1n) is 11.2. The zero-order valence-corrected chi connectivity index (χ0v) is 18.8. The van der Waals surface area contributed by atoms with Crippen LogP contribution in [0.5, 0.6) is 0 Å². The van der Waals surface area contributed by atoms with E-state index in [0.29, 0.717) is 12.1 Å². The summed E-state index contributed by atoms with van der Waals surface area (Å²) in [4.78, 5) is 41.7. The van der Waals surface area contributed by atoms with Crippen LogP contribution < -0.4 is 0 Å². The minimum atomic E-state index is -1.17. The largest absolute Gasteiger partial charge is 0.376 e. The molecule has 2 fully saturated rings. The second kappa shape index (κ2) is 9.25. The van der Waals surface area contributed by atoms with Gasteiger partial charge in [-0.15, -0.1) is 0 Å². The van der Waals surface area contributed by atoms with E-state index in [4.69, 9.17) is 4.74 Å². The number of benzene rings is 2. The van der Waals surface area contributed by atoms with Crippen LogP contribution in [0.15, 0.2) is 54.6 Å². The molecule has 2 aliphatic heterocycles. The molecule has 3 amide bonds. The van der Waals surface area contributed by atoms with E-state index in [1.165, 1.54) is 7.05 Å². The number of imide groups is 1. The number of rotatable bonds is 6. The van der Waals surface area contributed by atoms with E-state index in [2.05, 4.69) is 0 Å². The predicted octanol–water partition coefficient (Wildman–Crippen LogP) is 3.40. The van der Waals surface area contributed by atoms with Crippen molar-refractivity contribution >= 4 is 17.7 Å². The van der Waals surface area contributed by atoms with Gasteiger partial charge in [0.15, 0.2) is 0 Å². The van der Waals surface area contributed by atoms with Gasteiger partial charge in [0, 0.05) is 40.1 Å². The number of ether oxygens (including phenoxy) is 1. The molecule has 2 aromatic carbocycles. The van der Waals surface area contributed by atoms with Crippen molar-refractivity contribution in [1.29, 1.82) is 0 Å². The minimum Gasteiger partial charge on any atom is -0.376 e. The third-order valence-electron chi connectivity index (χ3n) is 6.72. The second-order valence-electron chi connectivity index (χ2n) is 8.90. The normalized spacial score (nSPS) is 23.4. The van der Waals surface area contributed by atoms with Gasteiger partial charge in [0.2, 0.25) is 17.7 Å². The van der Waals surface area contributed by atoms with E-state index in [1.807, 2.05) is 54.6 Å². The van der Waals surface area contributed by atoms with E-state index < -0.39 is 5.41 Å². The van der Waals surface area contributed by atoms with Gasteiger partial charge in [0.1, 0.15) is 0 Å². The summed E-state index contributed by atoms with van der Waals surface area (Å²) in [5.41, 5.74) is 1.63. The Bertz CT molecular complexity index is 983. The Kier molecular flexibility index (Phi) is 6.42. The van der Waals surface area contributed by atoms with Crippen LogP contribution >= 0.6 is 0 Å². The molecule has 4 rings (SSSR count). The molecule has 6 nitrogen and oxygen atoms in total. The maximum Gasteiger partial charge on any atom is 0.240 e. The van der Waals surface area contributed by atoms with Gasteiger partial charge in [-0.25, -0.2) is 0 Å². The standard InChI is InChI=1S/C26H30N2O4/c1-27(18-22-10-6-7-15-32-22)23(29)16-26(17-24(30)28(2)25(26)31)21-13-11-20(12-14-21)19-8-4-3-5-9-19/h3-5,8-9,11-14,22H,6-7,10,15-18H2,1-2H3. The Labute approximate surface area is 189 Å². The highest BCUT2D eigenvalue weighted by molar-refractivity contribution is 6.10. The van der Waals surface area contributed by atoms with Gasteiger partial charge in [-0.05, 0) is 36.0 Å². The Morgan fingerprint density at radius 3 is 2.34 bits per heavy atom. The quantitative estimate of drug-likeness (QED) is 0.654. The molecule has 2 aromatic rings.